The van der Waals surface area contributed by atoms with E-state index in [0.29, 0.717) is 11.1 Å². The zero-order chi connectivity index (χ0) is 11.1. The van der Waals surface area contributed by atoms with Gasteiger partial charge in [0.1, 0.15) is 5.92 Å². The standard InChI is InChI=1S/C13H8O2S/c14-12-9-3-1-2-4-10(9)13(15)11(12)8-5-6-16-7-8/h1-7,11H. The maximum atomic E-state index is 12.1. The maximum absolute atomic E-state index is 12.1. The molecule has 3 heteroatoms. The van der Waals surface area contributed by atoms with Gasteiger partial charge in [-0.15, -0.1) is 0 Å². The van der Waals surface area contributed by atoms with Crippen LogP contribution in [0.3, 0.4) is 0 Å². The molecule has 0 bridgehead atoms. The van der Waals surface area contributed by atoms with Crippen LogP contribution in [-0.4, -0.2) is 11.6 Å². The summed E-state index contributed by atoms with van der Waals surface area (Å²) in [5.74, 6) is -0.748. The van der Waals surface area contributed by atoms with Crippen molar-refractivity contribution in [3.8, 4) is 0 Å². The van der Waals surface area contributed by atoms with Crippen LogP contribution in [0.4, 0.5) is 0 Å². The van der Waals surface area contributed by atoms with E-state index in [9.17, 15) is 9.59 Å². The summed E-state index contributed by atoms with van der Waals surface area (Å²) in [5.41, 5.74) is 1.93. The summed E-state index contributed by atoms with van der Waals surface area (Å²) in [7, 11) is 0. The number of hydrogen-bond donors (Lipinski definition) is 0. The van der Waals surface area contributed by atoms with Crippen molar-refractivity contribution in [1.82, 2.24) is 0 Å². The molecular formula is C13H8O2S. The summed E-state index contributed by atoms with van der Waals surface area (Å²) in [6, 6.07) is 8.88. The van der Waals surface area contributed by atoms with E-state index in [0.717, 1.165) is 5.56 Å². The minimum Gasteiger partial charge on any atom is -0.293 e. The van der Waals surface area contributed by atoms with E-state index in [1.807, 2.05) is 16.8 Å². The van der Waals surface area contributed by atoms with Gasteiger partial charge in [-0.2, -0.15) is 11.3 Å². The number of rotatable bonds is 1. The minimum absolute atomic E-state index is 0.0704. The lowest BCUT2D eigenvalue weighted by molar-refractivity contribution is 0.0890. The normalized spacial score (nSPS) is 15.5. The Morgan fingerprint density at radius 2 is 1.56 bits per heavy atom. The van der Waals surface area contributed by atoms with E-state index in [1.165, 1.54) is 11.3 Å². The quantitative estimate of drug-likeness (QED) is 0.703. The Hall–Kier alpha value is -1.74. The molecule has 0 unspecified atom stereocenters. The summed E-state index contributed by atoms with van der Waals surface area (Å²) in [6.45, 7) is 0. The van der Waals surface area contributed by atoms with Gasteiger partial charge in [0.2, 0.25) is 0 Å². The molecule has 16 heavy (non-hydrogen) atoms. The number of benzene rings is 1. The van der Waals surface area contributed by atoms with Crippen LogP contribution in [0.2, 0.25) is 0 Å². The summed E-state index contributed by atoms with van der Waals surface area (Å²) < 4.78 is 0. The minimum atomic E-state index is -0.608. The number of ketones is 2. The molecule has 0 atom stereocenters. The second kappa shape index (κ2) is 3.39. The highest BCUT2D eigenvalue weighted by molar-refractivity contribution is 7.08. The van der Waals surface area contributed by atoms with Crippen molar-refractivity contribution in [3.63, 3.8) is 0 Å². The van der Waals surface area contributed by atoms with Crippen LogP contribution in [0.25, 0.3) is 0 Å². The van der Waals surface area contributed by atoms with Crippen LogP contribution < -0.4 is 0 Å². The fraction of sp³-hybridized carbons (Fsp3) is 0.0769. The van der Waals surface area contributed by atoms with Crippen molar-refractivity contribution >= 4 is 22.9 Å². The summed E-state index contributed by atoms with van der Waals surface area (Å²) in [4.78, 5) is 24.2. The van der Waals surface area contributed by atoms with Gasteiger partial charge in [-0.1, -0.05) is 24.3 Å². The van der Waals surface area contributed by atoms with Gasteiger partial charge in [0.05, 0.1) is 0 Å². The van der Waals surface area contributed by atoms with E-state index in [1.54, 1.807) is 24.3 Å². The topological polar surface area (TPSA) is 34.1 Å². The highest BCUT2D eigenvalue weighted by atomic mass is 32.1. The van der Waals surface area contributed by atoms with Crippen molar-refractivity contribution in [2.24, 2.45) is 0 Å². The smallest absolute Gasteiger partial charge is 0.178 e. The molecule has 2 nitrogen and oxygen atoms in total. The van der Waals surface area contributed by atoms with E-state index in [2.05, 4.69) is 0 Å². The van der Waals surface area contributed by atoms with Crippen molar-refractivity contribution in [1.29, 1.82) is 0 Å². The molecule has 3 rings (SSSR count). The first kappa shape index (κ1) is 9.48. The fourth-order valence-corrected chi connectivity index (χ4v) is 2.77. The Balaban J connectivity index is 2.15. The van der Waals surface area contributed by atoms with Gasteiger partial charge in [-0.3, -0.25) is 9.59 Å². The Labute approximate surface area is 96.5 Å². The van der Waals surface area contributed by atoms with Gasteiger partial charge in [0, 0.05) is 11.1 Å². The number of carbonyl (C=O) groups excluding carboxylic acids is 2. The molecule has 0 fully saturated rings. The van der Waals surface area contributed by atoms with Gasteiger partial charge in [0.15, 0.2) is 11.6 Å². The average Bonchev–Trinajstić information content (AvgIpc) is 2.89. The lowest BCUT2D eigenvalue weighted by Gasteiger charge is -2.02. The van der Waals surface area contributed by atoms with E-state index >= 15 is 0 Å². The third-order valence-corrected chi connectivity index (χ3v) is 3.56. The van der Waals surface area contributed by atoms with Crippen LogP contribution in [0.15, 0.2) is 41.1 Å². The molecule has 0 saturated heterocycles. The largest absolute Gasteiger partial charge is 0.293 e. The van der Waals surface area contributed by atoms with Gasteiger partial charge in [0.25, 0.3) is 0 Å². The molecule has 0 N–H and O–H groups in total. The zero-order valence-electron chi connectivity index (χ0n) is 8.34. The highest BCUT2D eigenvalue weighted by Crippen LogP contribution is 2.34. The molecule has 0 saturated carbocycles. The maximum Gasteiger partial charge on any atom is 0.178 e. The van der Waals surface area contributed by atoms with E-state index in [-0.39, 0.29) is 11.6 Å². The van der Waals surface area contributed by atoms with Crippen LogP contribution in [0, 0.1) is 0 Å². The molecular weight excluding hydrogens is 220 g/mol. The summed E-state index contributed by atoms with van der Waals surface area (Å²) >= 11 is 1.50. The van der Waals surface area contributed by atoms with Crippen LogP contribution in [0.1, 0.15) is 32.2 Å². The Morgan fingerprint density at radius 3 is 2.06 bits per heavy atom. The number of fused-ring (bicyclic) bond motifs is 1. The molecule has 0 amide bonds. The van der Waals surface area contributed by atoms with Crippen molar-refractivity contribution in [2.45, 2.75) is 5.92 Å². The molecule has 1 aromatic heterocycles. The van der Waals surface area contributed by atoms with E-state index in [4.69, 9.17) is 0 Å². The SMILES string of the molecule is O=C1c2ccccc2C(=O)C1c1ccsc1. The molecule has 0 aliphatic heterocycles. The predicted octanol–water partition coefficient (Wildman–Crippen LogP) is 2.91. The average molecular weight is 228 g/mol. The van der Waals surface area contributed by atoms with Gasteiger partial charge >= 0.3 is 0 Å². The van der Waals surface area contributed by atoms with Crippen LogP contribution in [0.5, 0.6) is 0 Å². The van der Waals surface area contributed by atoms with E-state index < -0.39 is 5.92 Å². The third kappa shape index (κ3) is 1.18. The molecule has 78 valence electrons. The second-order valence-electron chi connectivity index (χ2n) is 3.76. The molecule has 0 radical (unpaired) electrons. The number of Topliss-reactive ketones (excluding diaryl/α,β-unsaturated/α-hetero) is 2. The predicted molar refractivity (Wildman–Crippen MR) is 62.2 cm³/mol. The van der Waals surface area contributed by atoms with Gasteiger partial charge < -0.3 is 0 Å². The van der Waals surface area contributed by atoms with Crippen molar-refractivity contribution in [2.75, 3.05) is 0 Å². The van der Waals surface area contributed by atoms with Crippen LogP contribution in [-0.2, 0) is 0 Å². The van der Waals surface area contributed by atoms with Crippen LogP contribution >= 0.6 is 11.3 Å². The Morgan fingerprint density at radius 1 is 0.938 bits per heavy atom. The van der Waals surface area contributed by atoms with Crippen molar-refractivity contribution < 1.29 is 9.59 Å². The zero-order valence-corrected chi connectivity index (χ0v) is 9.16. The second-order valence-corrected chi connectivity index (χ2v) is 4.54. The van der Waals surface area contributed by atoms with Gasteiger partial charge in [-0.25, -0.2) is 0 Å². The highest BCUT2D eigenvalue weighted by Gasteiger charge is 2.39. The first-order chi connectivity index (χ1) is 7.79. The lowest BCUT2D eigenvalue weighted by atomic mass is 9.97. The molecule has 2 aromatic rings. The first-order valence-corrected chi connectivity index (χ1v) is 5.93. The fourth-order valence-electron chi connectivity index (χ4n) is 2.08. The molecule has 1 aromatic carbocycles. The van der Waals surface area contributed by atoms with Crippen molar-refractivity contribution in [3.05, 3.63) is 57.8 Å². The number of thiophene rings is 1. The molecule has 0 spiro atoms. The van der Waals surface area contributed by atoms with Gasteiger partial charge in [-0.05, 0) is 22.4 Å². The Bertz CT molecular complexity index is 534. The summed E-state index contributed by atoms with van der Waals surface area (Å²) in [5, 5.41) is 3.76. The third-order valence-electron chi connectivity index (χ3n) is 2.86. The Kier molecular flexibility index (Phi) is 2.01. The summed E-state index contributed by atoms with van der Waals surface area (Å²) in [6.07, 6.45) is 0. The first-order valence-electron chi connectivity index (χ1n) is 4.98. The molecule has 1 aliphatic rings. The lowest BCUT2D eigenvalue weighted by Crippen LogP contribution is -2.11. The molecule has 1 heterocycles. The monoisotopic (exact) mass is 228 g/mol. The number of hydrogen-bond acceptors (Lipinski definition) is 3. The molecule has 1 aliphatic carbocycles. The number of carbonyl (C=O) groups is 2.